The smallest absolute Gasteiger partial charge is 0.333 e. The maximum atomic E-state index is 6.80. The molecule has 5 heterocycles. The lowest BCUT2D eigenvalue weighted by atomic mass is 9.44. The third kappa shape index (κ3) is 3.73. The van der Waals surface area contributed by atoms with Crippen LogP contribution in [0.4, 0.5) is 11.4 Å². The second kappa shape index (κ2) is 10.1. The Morgan fingerprint density at radius 2 is 1.25 bits per heavy atom. The number of anilines is 2. The van der Waals surface area contributed by atoms with E-state index in [1.807, 2.05) is 0 Å². The standard InChI is InChI=1S/C50H33BN2O2/c1-50(2,3)29-17-19-30(20-18-29)53-40-24-16-28-10-4-5-11-31(28)45(40)35-21-22-36-46-39(25-23-34-32-12-6-9-15-43(32)55-49(34)46)52-41-26-37-33-13-7-8-14-42(33)54-44(37)27-38(41)51(53)47(35)48(36)52/h4-27H,1-3H3. The van der Waals surface area contributed by atoms with Gasteiger partial charge in [0.25, 0.3) is 0 Å². The van der Waals surface area contributed by atoms with Crippen LogP contribution in [0.3, 0.4) is 0 Å². The molecule has 4 nitrogen and oxygen atoms in total. The highest BCUT2D eigenvalue weighted by Crippen LogP contribution is 2.49. The number of para-hydroxylation sites is 2. The van der Waals surface area contributed by atoms with E-state index < -0.39 is 0 Å². The second-order valence-corrected chi connectivity index (χ2v) is 16.4. The van der Waals surface area contributed by atoms with Crippen LogP contribution in [0.1, 0.15) is 26.3 Å². The summed E-state index contributed by atoms with van der Waals surface area (Å²) < 4.78 is 16.0. The molecule has 0 N–H and O–H groups in total. The van der Waals surface area contributed by atoms with Crippen LogP contribution in [0.5, 0.6) is 0 Å². The van der Waals surface area contributed by atoms with Crippen molar-refractivity contribution < 1.29 is 8.83 Å². The third-order valence-electron chi connectivity index (χ3n) is 12.5. The predicted molar refractivity (Wildman–Crippen MR) is 231 cm³/mol. The fourth-order valence-corrected chi connectivity index (χ4v) is 10.0. The average Bonchev–Trinajstić information content (AvgIpc) is 3.88. The molecule has 0 aliphatic carbocycles. The first kappa shape index (κ1) is 29.7. The molecule has 13 rings (SSSR count). The Morgan fingerprint density at radius 1 is 0.545 bits per heavy atom. The van der Waals surface area contributed by atoms with Gasteiger partial charge in [0.05, 0.1) is 16.4 Å². The molecule has 0 amide bonds. The Balaban J connectivity index is 1.24. The van der Waals surface area contributed by atoms with E-state index in [1.54, 1.807) is 0 Å². The van der Waals surface area contributed by atoms with Crippen LogP contribution in [0.25, 0.3) is 93.3 Å². The molecule has 5 heteroatoms. The van der Waals surface area contributed by atoms with E-state index in [1.165, 1.54) is 60.7 Å². The Labute approximate surface area is 316 Å². The summed E-state index contributed by atoms with van der Waals surface area (Å²) in [7, 11) is 0. The maximum absolute atomic E-state index is 6.80. The van der Waals surface area contributed by atoms with Gasteiger partial charge >= 0.3 is 6.85 Å². The van der Waals surface area contributed by atoms with Crippen molar-refractivity contribution in [3.63, 3.8) is 0 Å². The van der Waals surface area contributed by atoms with E-state index >= 15 is 0 Å². The van der Waals surface area contributed by atoms with Gasteiger partial charge < -0.3 is 18.2 Å². The average molecular weight is 705 g/mol. The quantitative estimate of drug-likeness (QED) is 0.160. The van der Waals surface area contributed by atoms with Gasteiger partial charge in [-0.15, -0.1) is 0 Å². The maximum Gasteiger partial charge on any atom is 0.333 e. The van der Waals surface area contributed by atoms with Crippen LogP contribution in [-0.4, -0.2) is 11.4 Å². The molecule has 2 aliphatic heterocycles. The van der Waals surface area contributed by atoms with Gasteiger partial charge in [-0.25, -0.2) is 0 Å². The van der Waals surface area contributed by atoms with Crippen molar-refractivity contribution >= 4 is 106 Å². The van der Waals surface area contributed by atoms with Crippen molar-refractivity contribution in [3.8, 4) is 16.8 Å². The molecule has 0 fully saturated rings. The van der Waals surface area contributed by atoms with E-state index in [4.69, 9.17) is 8.83 Å². The zero-order valence-electron chi connectivity index (χ0n) is 30.6. The molecular weight excluding hydrogens is 671 g/mol. The van der Waals surface area contributed by atoms with E-state index in [0.29, 0.717) is 0 Å². The lowest BCUT2D eigenvalue weighted by Gasteiger charge is -2.42. The zero-order valence-corrected chi connectivity index (χ0v) is 30.6. The van der Waals surface area contributed by atoms with Gasteiger partial charge in [0.1, 0.15) is 22.3 Å². The van der Waals surface area contributed by atoms with Gasteiger partial charge in [0.15, 0.2) is 0 Å². The molecule has 0 saturated heterocycles. The molecule has 8 aromatic carbocycles. The van der Waals surface area contributed by atoms with Gasteiger partial charge in [-0.1, -0.05) is 112 Å². The van der Waals surface area contributed by atoms with Crippen molar-refractivity contribution in [2.24, 2.45) is 0 Å². The molecule has 55 heavy (non-hydrogen) atoms. The highest BCUT2D eigenvalue weighted by atomic mass is 16.3. The first-order valence-corrected chi connectivity index (χ1v) is 19.2. The number of nitrogens with zero attached hydrogens (tertiary/aromatic N) is 2. The Morgan fingerprint density at radius 3 is 2.05 bits per heavy atom. The highest BCUT2D eigenvalue weighted by Gasteiger charge is 2.45. The third-order valence-corrected chi connectivity index (χ3v) is 12.5. The number of aromatic nitrogens is 1. The molecule has 0 saturated carbocycles. The highest BCUT2D eigenvalue weighted by molar-refractivity contribution is 6.94. The number of hydrogen-bond donors (Lipinski definition) is 0. The lowest BCUT2D eigenvalue weighted by molar-refractivity contribution is 0.590. The SMILES string of the molecule is CC(C)(C)c1ccc(N2B3c4cc5oc6ccccc6c5cc4-n4c5ccc6c7ccccc7oc6c5c5ccc(c3c54)-c3c2ccc2ccccc32)cc1. The predicted octanol–water partition coefficient (Wildman–Crippen LogP) is 12.3. The molecule has 0 atom stereocenters. The van der Waals surface area contributed by atoms with Gasteiger partial charge in [0.2, 0.25) is 0 Å². The zero-order chi connectivity index (χ0) is 36.3. The minimum Gasteiger partial charge on any atom is -0.456 e. The Kier molecular flexibility index (Phi) is 5.44. The minimum absolute atomic E-state index is 0.0422. The molecule has 11 aromatic rings. The van der Waals surface area contributed by atoms with Gasteiger partial charge in [0, 0.05) is 49.6 Å². The van der Waals surface area contributed by atoms with Gasteiger partial charge in [-0.3, -0.25) is 0 Å². The van der Waals surface area contributed by atoms with E-state index in [-0.39, 0.29) is 12.3 Å². The summed E-state index contributed by atoms with van der Waals surface area (Å²) in [5.41, 5.74) is 16.0. The van der Waals surface area contributed by atoms with Crippen molar-refractivity contribution in [1.29, 1.82) is 0 Å². The molecule has 0 spiro atoms. The first-order valence-electron chi connectivity index (χ1n) is 19.2. The van der Waals surface area contributed by atoms with Crippen LogP contribution in [-0.2, 0) is 5.41 Å². The monoisotopic (exact) mass is 704 g/mol. The molecule has 0 radical (unpaired) electrons. The normalized spacial score (nSPS) is 13.7. The van der Waals surface area contributed by atoms with Crippen LogP contribution >= 0.6 is 0 Å². The van der Waals surface area contributed by atoms with Crippen LogP contribution < -0.4 is 15.7 Å². The van der Waals surface area contributed by atoms with Crippen molar-refractivity contribution in [2.75, 3.05) is 4.81 Å². The summed E-state index contributed by atoms with van der Waals surface area (Å²) in [4.78, 5) is 2.60. The Hall–Kier alpha value is -6.72. The summed E-state index contributed by atoms with van der Waals surface area (Å²) in [5.74, 6) is 0. The summed E-state index contributed by atoms with van der Waals surface area (Å²) >= 11 is 0. The summed E-state index contributed by atoms with van der Waals surface area (Å²) in [6, 6.07) is 53.6. The van der Waals surface area contributed by atoms with E-state index in [2.05, 4.69) is 176 Å². The fraction of sp³-hybridized carbons (Fsp3) is 0.0800. The largest absolute Gasteiger partial charge is 0.456 e. The van der Waals surface area contributed by atoms with Crippen molar-refractivity contribution in [2.45, 2.75) is 26.2 Å². The lowest BCUT2D eigenvalue weighted by Crippen LogP contribution is -2.60. The summed E-state index contributed by atoms with van der Waals surface area (Å²) in [6.07, 6.45) is 0. The molecule has 3 aromatic heterocycles. The van der Waals surface area contributed by atoms with Gasteiger partial charge in [-0.05, 0) is 92.8 Å². The van der Waals surface area contributed by atoms with E-state index in [0.717, 1.165) is 60.5 Å². The van der Waals surface area contributed by atoms with Crippen LogP contribution in [0, 0.1) is 0 Å². The van der Waals surface area contributed by atoms with Crippen LogP contribution in [0.2, 0.25) is 0 Å². The summed E-state index contributed by atoms with van der Waals surface area (Å²) in [6.45, 7) is 6.73. The number of fused-ring (bicyclic) bond motifs is 17. The first-order chi connectivity index (χ1) is 26.9. The van der Waals surface area contributed by atoms with Gasteiger partial charge in [-0.2, -0.15) is 0 Å². The molecule has 258 valence electrons. The van der Waals surface area contributed by atoms with Crippen molar-refractivity contribution in [1.82, 2.24) is 4.57 Å². The van der Waals surface area contributed by atoms with E-state index in [9.17, 15) is 0 Å². The fourth-order valence-electron chi connectivity index (χ4n) is 10.0. The summed E-state index contributed by atoms with van der Waals surface area (Å²) in [5, 5.41) is 9.38. The molecule has 2 aliphatic rings. The number of benzene rings is 8. The number of rotatable bonds is 1. The Bertz CT molecular complexity index is 3490. The molecular formula is C50H33BN2O2. The molecule has 0 unspecified atom stereocenters. The second-order valence-electron chi connectivity index (χ2n) is 16.4. The number of furan rings is 2. The number of hydrogen-bond acceptors (Lipinski definition) is 3. The van der Waals surface area contributed by atoms with Crippen molar-refractivity contribution in [3.05, 3.63) is 151 Å². The minimum atomic E-state index is -0.122. The molecule has 0 bridgehead atoms. The topological polar surface area (TPSA) is 34.5 Å². The van der Waals surface area contributed by atoms with Crippen LogP contribution in [0.15, 0.2) is 154 Å².